The molecule has 0 saturated carbocycles. The van der Waals surface area contributed by atoms with E-state index in [4.69, 9.17) is 20.7 Å². The highest BCUT2D eigenvalue weighted by Crippen LogP contribution is 2.13. The zero-order valence-corrected chi connectivity index (χ0v) is 8.91. The van der Waals surface area contributed by atoms with Crippen LogP contribution in [-0.4, -0.2) is 34.9 Å². The first-order chi connectivity index (χ1) is 7.71. The number of carboxylic acids is 2. The van der Waals surface area contributed by atoms with E-state index in [0.29, 0.717) is 6.54 Å². The van der Waals surface area contributed by atoms with Gasteiger partial charge in [-0.1, -0.05) is 6.08 Å². The van der Waals surface area contributed by atoms with Crippen LogP contribution in [0, 0.1) is 0 Å². The normalized spacial score (nSPS) is 10.8. The Bertz CT molecular complexity index is 263. The monoisotopic (exact) mass is 257 g/mol. The number of carboxylic acid groups (broad SMARTS) is 2. The Hall–Kier alpha value is -1.57. The van der Waals surface area contributed by atoms with Gasteiger partial charge in [0.05, 0.1) is 0 Å². The smallest absolute Gasteiger partial charge is 0.478 e. The molecule has 0 aliphatic heterocycles. The molecule has 0 amide bonds. The molecule has 0 aliphatic rings. The van der Waals surface area contributed by atoms with E-state index >= 15 is 0 Å². The maximum Gasteiger partial charge on any atom is 0.490 e. The van der Waals surface area contributed by atoms with Gasteiger partial charge in [-0.2, -0.15) is 13.2 Å². The van der Waals surface area contributed by atoms with Crippen LogP contribution in [0.5, 0.6) is 0 Å². The van der Waals surface area contributed by atoms with Crippen LogP contribution in [-0.2, 0) is 9.59 Å². The van der Waals surface area contributed by atoms with E-state index < -0.39 is 18.1 Å². The number of hydrogen-bond acceptors (Lipinski definition) is 3. The van der Waals surface area contributed by atoms with Crippen LogP contribution < -0.4 is 5.73 Å². The Morgan fingerprint density at radius 1 is 1.18 bits per heavy atom. The summed E-state index contributed by atoms with van der Waals surface area (Å²) in [6, 6.07) is 0. The first-order valence-corrected chi connectivity index (χ1v) is 4.61. The Labute approximate surface area is 95.7 Å². The summed E-state index contributed by atoms with van der Waals surface area (Å²) < 4.78 is 31.7. The fourth-order valence-corrected chi connectivity index (χ4v) is 0.591. The van der Waals surface area contributed by atoms with Gasteiger partial charge in [0.2, 0.25) is 0 Å². The van der Waals surface area contributed by atoms with Crippen LogP contribution in [0.1, 0.15) is 19.3 Å². The second kappa shape index (κ2) is 9.64. The SMILES string of the molecule is NCCCCC=CC(=O)O.O=C(O)C(F)(F)F. The highest BCUT2D eigenvalue weighted by atomic mass is 19.4. The molecule has 0 aromatic heterocycles. The molecule has 0 unspecified atom stereocenters. The second-order valence-electron chi connectivity index (χ2n) is 2.83. The summed E-state index contributed by atoms with van der Waals surface area (Å²) in [7, 11) is 0. The highest BCUT2D eigenvalue weighted by molar-refractivity contribution is 5.79. The van der Waals surface area contributed by atoms with Gasteiger partial charge in [-0.3, -0.25) is 0 Å². The van der Waals surface area contributed by atoms with Crippen LogP contribution >= 0.6 is 0 Å². The summed E-state index contributed by atoms with van der Waals surface area (Å²) in [6.07, 6.45) is 0.474. The van der Waals surface area contributed by atoms with Gasteiger partial charge in [-0.05, 0) is 25.8 Å². The van der Waals surface area contributed by atoms with Crippen LogP contribution in [0.3, 0.4) is 0 Å². The molecule has 100 valence electrons. The standard InChI is InChI=1S/C7H13NO2.C2HF3O2/c8-6-4-2-1-3-5-7(9)10;3-2(4,5)1(6)7/h3,5H,1-2,4,6,8H2,(H,9,10);(H,6,7). The summed E-state index contributed by atoms with van der Waals surface area (Å²) in [5.74, 6) is -3.64. The van der Waals surface area contributed by atoms with Gasteiger partial charge in [0.1, 0.15) is 0 Å². The number of nitrogens with two attached hydrogens (primary N) is 1. The number of aliphatic carboxylic acids is 2. The predicted octanol–water partition coefficient (Wildman–Crippen LogP) is 1.39. The van der Waals surface area contributed by atoms with E-state index in [1.54, 1.807) is 6.08 Å². The Balaban J connectivity index is 0. The topological polar surface area (TPSA) is 101 Å². The molecule has 0 aliphatic carbocycles. The van der Waals surface area contributed by atoms with E-state index in [1.807, 2.05) is 0 Å². The van der Waals surface area contributed by atoms with Gasteiger partial charge in [0, 0.05) is 6.08 Å². The Morgan fingerprint density at radius 3 is 1.94 bits per heavy atom. The van der Waals surface area contributed by atoms with Crippen molar-refractivity contribution in [2.24, 2.45) is 5.73 Å². The molecule has 0 rings (SSSR count). The van der Waals surface area contributed by atoms with Crippen LogP contribution in [0.25, 0.3) is 0 Å². The average Bonchev–Trinajstić information content (AvgIpc) is 2.16. The first-order valence-electron chi connectivity index (χ1n) is 4.61. The lowest BCUT2D eigenvalue weighted by atomic mass is 10.2. The zero-order chi connectivity index (χ0) is 13.9. The van der Waals surface area contributed by atoms with Gasteiger partial charge in [-0.15, -0.1) is 0 Å². The van der Waals surface area contributed by atoms with Crippen molar-refractivity contribution in [3.63, 3.8) is 0 Å². The van der Waals surface area contributed by atoms with Gasteiger partial charge in [0.15, 0.2) is 0 Å². The van der Waals surface area contributed by atoms with Crippen LogP contribution in [0.15, 0.2) is 12.2 Å². The molecule has 0 atom stereocenters. The summed E-state index contributed by atoms with van der Waals surface area (Å²) in [4.78, 5) is 18.8. The molecule has 17 heavy (non-hydrogen) atoms. The maximum atomic E-state index is 10.6. The minimum atomic E-state index is -5.08. The number of unbranched alkanes of at least 4 members (excludes halogenated alkanes) is 2. The number of hydrogen-bond donors (Lipinski definition) is 3. The molecule has 5 nitrogen and oxygen atoms in total. The largest absolute Gasteiger partial charge is 0.490 e. The van der Waals surface area contributed by atoms with Crippen LogP contribution in [0.4, 0.5) is 13.2 Å². The molecule has 0 spiro atoms. The molecule has 4 N–H and O–H groups in total. The molecule has 0 aromatic carbocycles. The third-order valence-corrected chi connectivity index (χ3v) is 1.33. The average molecular weight is 257 g/mol. The van der Waals surface area contributed by atoms with Gasteiger partial charge in [0.25, 0.3) is 0 Å². The van der Waals surface area contributed by atoms with E-state index in [9.17, 15) is 18.0 Å². The van der Waals surface area contributed by atoms with Crippen molar-refractivity contribution in [1.82, 2.24) is 0 Å². The molecule has 8 heteroatoms. The number of rotatable bonds is 5. The van der Waals surface area contributed by atoms with Crippen molar-refractivity contribution >= 4 is 11.9 Å². The van der Waals surface area contributed by atoms with E-state index in [1.165, 1.54) is 0 Å². The van der Waals surface area contributed by atoms with Crippen LogP contribution in [0.2, 0.25) is 0 Å². The first kappa shape index (κ1) is 17.8. The van der Waals surface area contributed by atoms with Gasteiger partial charge in [-0.25, -0.2) is 9.59 Å². The van der Waals surface area contributed by atoms with Crippen molar-refractivity contribution in [2.75, 3.05) is 6.54 Å². The number of allylic oxidation sites excluding steroid dienone is 1. The van der Waals surface area contributed by atoms with Crippen molar-refractivity contribution < 1.29 is 33.0 Å². The molecule has 0 aromatic rings. The predicted molar refractivity (Wildman–Crippen MR) is 53.4 cm³/mol. The van der Waals surface area contributed by atoms with Gasteiger partial charge < -0.3 is 15.9 Å². The molecule has 0 heterocycles. The maximum absolute atomic E-state index is 10.6. The number of halogens is 3. The molecular weight excluding hydrogens is 243 g/mol. The third kappa shape index (κ3) is 17.1. The Morgan fingerprint density at radius 2 is 1.65 bits per heavy atom. The van der Waals surface area contributed by atoms with Crippen molar-refractivity contribution in [3.05, 3.63) is 12.2 Å². The van der Waals surface area contributed by atoms with Gasteiger partial charge >= 0.3 is 18.1 Å². The van der Waals surface area contributed by atoms with Crippen molar-refractivity contribution in [1.29, 1.82) is 0 Å². The summed E-state index contributed by atoms with van der Waals surface area (Å²) in [6.45, 7) is 0.681. The molecule has 0 radical (unpaired) electrons. The lowest BCUT2D eigenvalue weighted by Crippen LogP contribution is -2.21. The van der Waals surface area contributed by atoms with Crippen molar-refractivity contribution in [2.45, 2.75) is 25.4 Å². The molecule has 0 saturated heterocycles. The van der Waals surface area contributed by atoms with Crippen molar-refractivity contribution in [3.8, 4) is 0 Å². The number of alkyl halides is 3. The molecule has 0 bridgehead atoms. The Kier molecular flexibility index (Phi) is 10.1. The minimum Gasteiger partial charge on any atom is -0.478 e. The fourth-order valence-electron chi connectivity index (χ4n) is 0.591. The quantitative estimate of drug-likeness (QED) is 0.510. The van der Waals surface area contributed by atoms with E-state index in [0.717, 1.165) is 25.3 Å². The minimum absolute atomic E-state index is 0.681. The lowest BCUT2D eigenvalue weighted by Gasteiger charge is -1.93. The summed E-state index contributed by atoms with van der Waals surface area (Å²) in [5, 5.41) is 15.3. The number of carbonyl (C=O) groups is 2. The lowest BCUT2D eigenvalue weighted by molar-refractivity contribution is -0.192. The third-order valence-electron chi connectivity index (χ3n) is 1.33. The van der Waals surface area contributed by atoms with E-state index in [2.05, 4.69) is 0 Å². The molecular formula is C9H14F3NO4. The van der Waals surface area contributed by atoms with E-state index in [-0.39, 0.29) is 0 Å². The zero-order valence-electron chi connectivity index (χ0n) is 8.91. The highest BCUT2D eigenvalue weighted by Gasteiger charge is 2.38. The fraction of sp³-hybridized carbons (Fsp3) is 0.556. The summed E-state index contributed by atoms with van der Waals surface area (Å²) >= 11 is 0. The summed E-state index contributed by atoms with van der Waals surface area (Å²) in [5.41, 5.74) is 5.23. The second-order valence-corrected chi connectivity index (χ2v) is 2.83. The molecule has 0 fully saturated rings.